The van der Waals surface area contributed by atoms with Gasteiger partial charge in [0.1, 0.15) is 0 Å². The van der Waals surface area contributed by atoms with E-state index in [2.05, 4.69) is 27.6 Å². The zero-order valence-corrected chi connectivity index (χ0v) is 11.5. The zero-order chi connectivity index (χ0) is 14.2. The van der Waals surface area contributed by atoms with Gasteiger partial charge in [0.2, 0.25) is 0 Å². The quantitative estimate of drug-likeness (QED) is 0.836. The molecule has 2 rings (SSSR count). The number of pyridine rings is 1. The Labute approximate surface area is 118 Å². The molecule has 0 saturated carbocycles. The third kappa shape index (κ3) is 4.72. The molecular weight excluding hydrogens is 254 g/mol. The number of carbonyl (C=O) groups excluding carboxylic acids is 1. The molecule has 6 heteroatoms. The van der Waals surface area contributed by atoms with Crippen LogP contribution in [-0.4, -0.2) is 27.3 Å². The first-order valence-electron chi connectivity index (χ1n) is 6.62. The molecule has 20 heavy (non-hydrogen) atoms. The first-order valence-corrected chi connectivity index (χ1v) is 6.62. The van der Waals surface area contributed by atoms with Crippen LogP contribution in [0, 0.1) is 5.92 Å². The Hall–Kier alpha value is -2.37. The second-order valence-electron chi connectivity index (χ2n) is 4.75. The van der Waals surface area contributed by atoms with Crippen LogP contribution in [0.1, 0.15) is 12.5 Å². The van der Waals surface area contributed by atoms with E-state index in [0.717, 1.165) is 12.1 Å². The molecule has 0 bridgehead atoms. The first kappa shape index (κ1) is 14.0. The summed E-state index contributed by atoms with van der Waals surface area (Å²) in [5, 5.41) is 9.81. The summed E-state index contributed by atoms with van der Waals surface area (Å²) in [6, 6.07) is 5.48. The standard InChI is InChI=1S/C14H19N5O/c1-12(11-19-8-2-5-18-19)9-16-14(20)17-10-13-3-6-15-7-4-13/h2-8,12H,9-11H2,1H3,(H2,16,17,20). The largest absolute Gasteiger partial charge is 0.338 e. The summed E-state index contributed by atoms with van der Waals surface area (Å²) < 4.78 is 1.86. The number of rotatable bonds is 6. The van der Waals surface area contributed by atoms with Crippen molar-refractivity contribution in [3.05, 3.63) is 48.5 Å². The van der Waals surface area contributed by atoms with Crippen LogP contribution in [-0.2, 0) is 13.1 Å². The number of carbonyl (C=O) groups is 1. The number of nitrogens with zero attached hydrogens (tertiary/aromatic N) is 3. The van der Waals surface area contributed by atoms with Gasteiger partial charge in [-0.25, -0.2) is 4.79 Å². The van der Waals surface area contributed by atoms with E-state index >= 15 is 0 Å². The maximum atomic E-state index is 11.7. The molecule has 2 heterocycles. The number of aromatic nitrogens is 3. The maximum absolute atomic E-state index is 11.7. The van der Waals surface area contributed by atoms with Crippen LogP contribution in [0.5, 0.6) is 0 Å². The summed E-state index contributed by atoms with van der Waals surface area (Å²) in [6.45, 7) is 3.98. The molecule has 0 radical (unpaired) electrons. The monoisotopic (exact) mass is 273 g/mol. The van der Waals surface area contributed by atoms with Crippen molar-refractivity contribution in [1.82, 2.24) is 25.4 Å². The number of nitrogens with one attached hydrogen (secondary N) is 2. The number of amides is 2. The highest BCUT2D eigenvalue weighted by molar-refractivity contribution is 5.73. The SMILES string of the molecule is CC(CNC(=O)NCc1ccncc1)Cn1cccn1. The average molecular weight is 273 g/mol. The fourth-order valence-corrected chi connectivity index (χ4v) is 1.80. The normalized spacial score (nSPS) is 11.8. The molecule has 2 aromatic rings. The van der Waals surface area contributed by atoms with Gasteiger partial charge in [-0.05, 0) is 29.7 Å². The zero-order valence-electron chi connectivity index (χ0n) is 11.5. The van der Waals surface area contributed by atoms with Crippen molar-refractivity contribution in [2.45, 2.75) is 20.0 Å². The molecule has 2 aromatic heterocycles. The molecule has 0 fully saturated rings. The highest BCUT2D eigenvalue weighted by atomic mass is 16.2. The lowest BCUT2D eigenvalue weighted by Crippen LogP contribution is -2.38. The van der Waals surface area contributed by atoms with E-state index < -0.39 is 0 Å². The van der Waals surface area contributed by atoms with Crippen LogP contribution in [0.25, 0.3) is 0 Å². The van der Waals surface area contributed by atoms with Crippen molar-refractivity contribution in [2.75, 3.05) is 6.54 Å². The summed E-state index contributed by atoms with van der Waals surface area (Å²) in [6.07, 6.45) is 7.09. The highest BCUT2D eigenvalue weighted by Gasteiger charge is 2.06. The van der Waals surface area contributed by atoms with Crippen LogP contribution in [0.4, 0.5) is 4.79 Å². The van der Waals surface area contributed by atoms with E-state index in [0.29, 0.717) is 19.0 Å². The van der Waals surface area contributed by atoms with Gasteiger partial charge >= 0.3 is 6.03 Å². The first-order chi connectivity index (χ1) is 9.74. The minimum atomic E-state index is -0.158. The summed E-state index contributed by atoms with van der Waals surface area (Å²) in [5.41, 5.74) is 1.03. The van der Waals surface area contributed by atoms with Gasteiger partial charge in [-0.3, -0.25) is 9.67 Å². The van der Waals surface area contributed by atoms with Gasteiger partial charge < -0.3 is 10.6 Å². The fraction of sp³-hybridized carbons (Fsp3) is 0.357. The van der Waals surface area contributed by atoms with Gasteiger partial charge in [0.15, 0.2) is 0 Å². The van der Waals surface area contributed by atoms with Crippen LogP contribution in [0.3, 0.4) is 0 Å². The topological polar surface area (TPSA) is 71.8 Å². The van der Waals surface area contributed by atoms with Crippen LogP contribution >= 0.6 is 0 Å². The van der Waals surface area contributed by atoms with Crippen molar-refractivity contribution in [1.29, 1.82) is 0 Å². The number of hydrogen-bond donors (Lipinski definition) is 2. The molecule has 2 amide bonds. The van der Waals surface area contributed by atoms with Crippen molar-refractivity contribution in [3.8, 4) is 0 Å². The molecule has 0 saturated heterocycles. The minimum Gasteiger partial charge on any atom is -0.338 e. The van der Waals surface area contributed by atoms with Crippen molar-refractivity contribution in [2.24, 2.45) is 5.92 Å². The van der Waals surface area contributed by atoms with E-state index in [1.54, 1.807) is 18.6 Å². The second kappa shape index (κ2) is 7.28. The Morgan fingerprint density at radius 3 is 2.80 bits per heavy atom. The average Bonchev–Trinajstić information content (AvgIpc) is 2.97. The van der Waals surface area contributed by atoms with Gasteiger partial charge in [0.05, 0.1) is 0 Å². The van der Waals surface area contributed by atoms with E-state index in [4.69, 9.17) is 0 Å². The molecule has 0 aliphatic rings. The molecule has 0 aromatic carbocycles. The molecule has 106 valence electrons. The van der Waals surface area contributed by atoms with Gasteiger partial charge in [-0.1, -0.05) is 6.92 Å². The second-order valence-corrected chi connectivity index (χ2v) is 4.75. The lowest BCUT2D eigenvalue weighted by molar-refractivity contribution is 0.238. The van der Waals surface area contributed by atoms with Gasteiger partial charge in [-0.15, -0.1) is 0 Å². The Kier molecular flexibility index (Phi) is 5.11. The molecule has 0 aliphatic heterocycles. The van der Waals surface area contributed by atoms with Crippen LogP contribution < -0.4 is 10.6 Å². The summed E-state index contributed by atoms with van der Waals surface area (Å²) in [5.74, 6) is 0.321. The smallest absolute Gasteiger partial charge is 0.315 e. The van der Waals surface area contributed by atoms with E-state index in [9.17, 15) is 4.79 Å². The summed E-state index contributed by atoms with van der Waals surface area (Å²) in [7, 11) is 0. The summed E-state index contributed by atoms with van der Waals surface area (Å²) in [4.78, 5) is 15.6. The maximum Gasteiger partial charge on any atom is 0.315 e. The lowest BCUT2D eigenvalue weighted by atomic mass is 10.2. The fourth-order valence-electron chi connectivity index (χ4n) is 1.80. The van der Waals surface area contributed by atoms with E-state index in [-0.39, 0.29) is 6.03 Å². The lowest BCUT2D eigenvalue weighted by Gasteiger charge is -2.13. The van der Waals surface area contributed by atoms with Crippen molar-refractivity contribution in [3.63, 3.8) is 0 Å². The third-order valence-electron chi connectivity index (χ3n) is 2.87. The molecule has 0 aliphatic carbocycles. The molecule has 1 atom stereocenters. The number of hydrogen-bond acceptors (Lipinski definition) is 3. The van der Waals surface area contributed by atoms with Gasteiger partial charge in [0, 0.05) is 44.4 Å². The molecular formula is C14H19N5O. The predicted octanol–water partition coefficient (Wildman–Crippen LogP) is 1.41. The predicted molar refractivity (Wildman–Crippen MR) is 75.9 cm³/mol. The Morgan fingerprint density at radius 2 is 2.10 bits per heavy atom. The molecule has 2 N–H and O–H groups in total. The Bertz CT molecular complexity index is 512. The van der Waals surface area contributed by atoms with Crippen molar-refractivity contribution >= 4 is 6.03 Å². The Morgan fingerprint density at radius 1 is 1.30 bits per heavy atom. The highest BCUT2D eigenvalue weighted by Crippen LogP contribution is 1.98. The van der Waals surface area contributed by atoms with E-state index in [1.165, 1.54) is 0 Å². The summed E-state index contributed by atoms with van der Waals surface area (Å²) >= 11 is 0. The molecule has 1 unspecified atom stereocenters. The van der Waals surface area contributed by atoms with E-state index in [1.807, 2.05) is 29.1 Å². The third-order valence-corrected chi connectivity index (χ3v) is 2.87. The molecule has 6 nitrogen and oxygen atoms in total. The van der Waals surface area contributed by atoms with Crippen molar-refractivity contribution < 1.29 is 4.79 Å². The number of urea groups is 1. The Balaban J connectivity index is 1.64. The minimum absolute atomic E-state index is 0.158. The van der Waals surface area contributed by atoms with Gasteiger partial charge in [-0.2, -0.15) is 5.10 Å². The van der Waals surface area contributed by atoms with Crippen LogP contribution in [0.2, 0.25) is 0 Å². The molecule has 0 spiro atoms. The van der Waals surface area contributed by atoms with Gasteiger partial charge in [0.25, 0.3) is 0 Å². The van der Waals surface area contributed by atoms with Crippen LogP contribution in [0.15, 0.2) is 43.0 Å².